The second-order valence-electron chi connectivity index (χ2n) is 6.10. The van der Waals surface area contributed by atoms with Crippen molar-refractivity contribution in [2.75, 3.05) is 26.2 Å². The minimum Gasteiger partial charge on any atom is -0.479 e. The number of nitrogens with zero attached hydrogens (tertiary/aromatic N) is 4. The Bertz CT molecular complexity index is 684. The molecule has 0 radical (unpaired) electrons. The molecule has 0 spiro atoms. The third-order valence-electron chi connectivity index (χ3n) is 4.41. The van der Waals surface area contributed by atoms with Crippen molar-refractivity contribution in [2.24, 2.45) is 4.99 Å². The maximum Gasteiger partial charge on any atom is 0.331 e. The minimum atomic E-state index is -3.02. The lowest BCUT2D eigenvalue weighted by atomic mass is 10.2. The quantitative estimate of drug-likeness (QED) is 0.641. The van der Waals surface area contributed by atoms with Gasteiger partial charge in [-0.25, -0.2) is 9.79 Å². The maximum atomic E-state index is 12.5. The molecule has 2 fully saturated rings. The fraction of sp³-hybridized carbons (Fsp3) is 0.500. The Morgan fingerprint density at radius 2 is 1.80 bits per heavy atom. The molecular weight excluding hydrogens is 334 g/mol. The molecule has 0 unspecified atom stereocenters. The van der Waals surface area contributed by atoms with Crippen molar-refractivity contribution >= 4 is 17.7 Å². The molecule has 1 saturated heterocycles. The Labute approximate surface area is 143 Å². The monoisotopic (exact) mass is 352 g/mol. The Balaban J connectivity index is 1.81. The van der Waals surface area contributed by atoms with Gasteiger partial charge in [0.05, 0.1) is 0 Å². The maximum absolute atomic E-state index is 12.5. The van der Waals surface area contributed by atoms with Crippen molar-refractivity contribution in [3.8, 4) is 0 Å². The van der Waals surface area contributed by atoms with Crippen LogP contribution in [0.1, 0.15) is 18.5 Å². The molecule has 1 aromatic heterocycles. The molecule has 1 aliphatic heterocycles. The summed E-state index contributed by atoms with van der Waals surface area (Å²) in [6.07, 6.45) is -0.510. The molecule has 134 valence electrons. The van der Waals surface area contributed by atoms with E-state index in [0.717, 1.165) is 4.90 Å². The second-order valence-corrected chi connectivity index (χ2v) is 6.10. The number of piperazine rings is 1. The Kier molecular flexibility index (Phi) is 4.65. The molecule has 1 aromatic rings. The molecule has 25 heavy (non-hydrogen) atoms. The highest BCUT2D eigenvalue weighted by molar-refractivity contribution is 6.00. The number of halogens is 2. The van der Waals surface area contributed by atoms with Crippen LogP contribution in [0.3, 0.4) is 0 Å². The Morgan fingerprint density at radius 3 is 2.28 bits per heavy atom. The van der Waals surface area contributed by atoms with Gasteiger partial charge < -0.3 is 14.9 Å². The summed E-state index contributed by atoms with van der Waals surface area (Å²) < 4.78 is 25.1. The lowest BCUT2D eigenvalue weighted by Gasteiger charge is -2.36. The number of alkyl halides is 2. The normalized spacial score (nSPS) is 19.9. The van der Waals surface area contributed by atoms with Gasteiger partial charge in [-0.3, -0.25) is 9.78 Å². The van der Waals surface area contributed by atoms with E-state index in [4.69, 9.17) is 0 Å². The summed E-state index contributed by atoms with van der Waals surface area (Å²) >= 11 is 0. The number of hydrogen-bond donors (Lipinski definition) is 1. The lowest BCUT2D eigenvalue weighted by molar-refractivity contribution is -0.144. The van der Waals surface area contributed by atoms with E-state index in [1.54, 1.807) is 29.3 Å². The zero-order chi connectivity index (χ0) is 18.0. The van der Waals surface area contributed by atoms with Gasteiger partial charge in [-0.15, -0.1) is 0 Å². The standard InChI is InChI=1S/C16H18F2N4O3/c17-12(18)14(23)22-9-7-21(8-10-22)13(11-3-1-2-6-19-11)20-16(4-5-16)15(24)25/h1-3,6,12H,4-5,7-10H2,(H,24,25). The topological polar surface area (TPSA) is 86.1 Å². The average Bonchev–Trinajstić information content (AvgIpc) is 3.41. The number of aromatic nitrogens is 1. The van der Waals surface area contributed by atoms with Gasteiger partial charge in [0.15, 0.2) is 11.4 Å². The Hall–Kier alpha value is -2.58. The number of carboxylic acids is 1. The fourth-order valence-corrected chi connectivity index (χ4v) is 2.76. The molecular formula is C16H18F2N4O3. The first-order valence-corrected chi connectivity index (χ1v) is 7.99. The van der Waals surface area contributed by atoms with Crippen LogP contribution in [-0.2, 0) is 9.59 Å². The molecule has 1 saturated carbocycles. The number of hydrogen-bond acceptors (Lipinski definition) is 4. The van der Waals surface area contributed by atoms with Crippen LogP contribution in [-0.4, -0.2) is 75.7 Å². The van der Waals surface area contributed by atoms with E-state index in [2.05, 4.69) is 9.98 Å². The van der Waals surface area contributed by atoms with Crippen LogP contribution in [0.25, 0.3) is 0 Å². The summed E-state index contributed by atoms with van der Waals surface area (Å²) in [6.45, 7) is 0.858. The summed E-state index contributed by atoms with van der Waals surface area (Å²) in [4.78, 5) is 34.5. The third-order valence-corrected chi connectivity index (χ3v) is 4.41. The van der Waals surface area contributed by atoms with E-state index in [0.29, 0.717) is 37.5 Å². The van der Waals surface area contributed by atoms with Crippen LogP contribution < -0.4 is 0 Å². The average molecular weight is 352 g/mol. The van der Waals surface area contributed by atoms with E-state index >= 15 is 0 Å². The minimum absolute atomic E-state index is 0.134. The molecule has 1 N–H and O–H groups in total. The molecule has 1 amide bonds. The lowest BCUT2D eigenvalue weighted by Crippen LogP contribution is -2.52. The van der Waals surface area contributed by atoms with Crippen molar-refractivity contribution < 1.29 is 23.5 Å². The first-order chi connectivity index (χ1) is 11.9. The van der Waals surface area contributed by atoms with Crippen LogP contribution >= 0.6 is 0 Å². The van der Waals surface area contributed by atoms with Crippen LogP contribution in [0.15, 0.2) is 29.4 Å². The van der Waals surface area contributed by atoms with Gasteiger partial charge in [-0.05, 0) is 25.0 Å². The molecule has 0 atom stereocenters. The summed E-state index contributed by atoms with van der Waals surface area (Å²) in [7, 11) is 0. The third kappa shape index (κ3) is 3.59. The second kappa shape index (κ2) is 6.73. The van der Waals surface area contributed by atoms with Crippen molar-refractivity contribution in [1.29, 1.82) is 0 Å². The van der Waals surface area contributed by atoms with Crippen LogP contribution in [0.5, 0.6) is 0 Å². The highest BCUT2D eigenvalue weighted by atomic mass is 19.3. The molecule has 2 aliphatic rings. The number of carboxylic acid groups (broad SMARTS) is 1. The first-order valence-electron chi connectivity index (χ1n) is 7.99. The summed E-state index contributed by atoms with van der Waals surface area (Å²) in [6, 6.07) is 5.24. The van der Waals surface area contributed by atoms with Crippen molar-refractivity contribution in [3.05, 3.63) is 30.1 Å². The van der Waals surface area contributed by atoms with Gasteiger partial charge in [0.25, 0.3) is 5.91 Å². The predicted molar refractivity (Wildman–Crippen MR) is 84.5 cm³/mol. The van der Waals surface area contributed by atoms with E-state index in [1.807, 2.05) is 0 Å². The van der Waals surface area contributed by atoms with Gasteiger partial charge in [0, 0.05) is 32.4 Å². The highest BCUT2D eigenvalue weighted by Gasteiger charge is 2.51. The van der Waals surface area contributed by atoms with E-state index in [1.165, 1.54) is 0 Å². The zero-order valence-corrected chi connectivity index (χ0v) is 13.4. The van der Waals surface area contributed by atoms with Crippen LogP contribution in [0, 0.1) is 0 Å². The van der Waals surface area contributed by atoms with Gasteiger partial charge in [-0.1, -0.05) is 6.07 Å². The molecule has 0 aromatic carbocycles. The summed E-state index contributed by atoms with van der Waals surface area (Å²) in [5, 5.41) is 9.39. The molecule has 9 heteroatoms. The molecule has 1 aliphatic carbocycles. The summed E-state index contributed by atoms with van der Waals surface area (Å²) in [5.74, 6) is -1.72. The van der Waals surface area contributed by atoms with Crippen LogP contribution in [0.2, 0.25) is 0 Å². The van der Waals surface area contributed by atoms with E-state index in [9.17, 15) is 23.5 Å². The molecule has 7 nitrogen and oxygen atoms in total. The number of carbonyl (C=O) groups excluding carboxylic acids is 1. The first kappa shape index (κ1) is 17.2. The fourth-order valence-electron chi connectivity index (χ4n) is 2.76. The number of amidine groups is 1. The number of amides is 1. The smallest absolute Gasteiger partial charge is 0.331 e. The number of pyridine rings is 1. The largest absolute Gasteiger partial charge is 0.479 e. The van der Waals surface area contributed by atoms with E-state index < -0.39 is 23.8 Å². The van der Waals surface area contributed by atoms with E-state index in [-0.39, 0.29) is 13.1 Å². The Morgan fingerprint density at radius 1 is 1.16 bits per heavy atom. The zero-order valence-electron chi connectivity index (χ0n) is 13.4. The van der Waals surface area contributed by atoms with Gasteiger partial charge in [-0.2, -0.15) is 8.78 Å². The van der Waals surface area contributed by atoms with Crippen LogP contribution in [0.4, 0.5) is 8.78 Å². The van der Waals surface area contributed by atoms with Gasteiger partial charge >= 0.3 is 12.4 Å². The number of carbonyl (C=O) groups is 2. The predicted octanol–water partition coefficient (Wildman–Crippen LogP) is 0.855. The van der Waals surface area contributed by atoms with Crippen molar-refractivity contribution in [3.63, 3.8) is 0 Å². The van der Waals surface area contributed by atoms with Gasteiger partial charge in [0.1, 0.15) is 5.69 Å². The summed E-state index contributed by atoms with van der Waals surface area (Å²) in [5.41, 5.74) is -0.591. The van der Waals surface area contributed by atoms with Crippen molar-refractivity contribution in [1.82, 2.24) is 14.8 Å². The molecule has 0 bridgehead atoms. The SMILES string of the molecule is O=C(C(F)F)N1CCN(C(=NC2(C(=O)O)CC2)c2ccccn2)CC1. The van der Waals surface area contributed by atoms with Crippen molar-refractivity contribution in [2.45, 2.75) is 24.8 Å². The number of aliphatic carboxylic acids is 1. The molecule has 2 heterocycles. The highest BCUT2D eigenvalue weighted by Crippen LogP contribution is 2.40. The number of rotatable bonds is 4. The molecule has 3 rings (SSSR count). The number of aliphatic imine (C=N–C) groups is 1. The van der Waals surface area contributed by atoms with Gasteiger partial charge in [0.2, 0.25) is 0 Å².